The lowest BCUT2D eigenvalue weighted by Crippen LogP contribution is -2.50. The molecule has 1 saturated heterocycles. The van der Waals surface area contributed by atoms with Crippen molar-refractivity contribution in [2.24, 2.45) is 5.92 Å². The van der Waals surface area contributed by atoms with Crippen LogP contribution in [0.5, 0.6) is 0 Å². The summed E-state index contributed by atoms with van der Waals surface area (Å²) in [6.45, 7) is 3.19. The van der Waals surface area contributed by atoms with E-state index in [0.29, 0.717) is 5.91 Å². The Labute approximate surface area is 141 Å². The van der Waals surface area contributed by atoms with Gasteiger partial charge in [-0.25, -0.2) is 15.0 Å². The number of nitrogens with zero attached hydrogens (tertiary/aromatic N) is 6. The van der Waals surface area contributed by atoms with E-state index in [-0.39, 0.29) is 5.92 Å². The summed E-state index contributed by atoms with van der Waals surface area (Å²) in [6.07, 6.45) is 11.5. The molecule has 0 radical (unpaired) electrons. The van der Waals surface area contributed by atoms with Gasteiger partial charge in [0.05, 0.1) is 0 Å². The standard InChI is InChI=1S/C17H22N6O/c24-17(14-3-1-2-4-14)22-9-7-21(8-10-22)15-11-16(20-12-19-15)23-6-5-18-13-23/h5-6,11-14H,1-4,7-10H2. The van der Waals surface area contributed by atoms with E-state index in [1.54, 1.807) is 18.9 Å². The molecule has 0 unspecified atom stereocenters. The van der Waals surface area contributed by atoms with Gasteiger partial charge in [0, 0.05) is 50.6 Å². The third-order valence-corrected chi connectivity index (χ3v) is 5.03. The van der Waals surface area contributed by atoms with E-state index in [2.05, 4.69) is 19.9 Å². The highest BCUT2D eigenvalue weighted by Crippen LogP contribution is 2.27. The van der Waals surface area contributed by atoms with Crippen molar-refractivity contribution < 1.29 is 4.79 Å². The Kier molecular flexibility index (Phi) is 4.15. The van der Waals surface area contributed by atoms with Gasteiger partial charge in [-0.2, -0.15) is 0 Å². The van der Waals surface area contributed by atoms with Crippen LogP contribution in [0.2, 0.25) is 0 Å². The summed E-state index contributed by atoms with van der Waals surface area (Å²) in [5.41, 5.74) is 0. The molecule has 0 spiro atoms. The van der Waals surface area contributed by atoms with Gasteiger partial charge >= 0.3 is 0 Å². The first-order valence-electron chi connectivity index (χ1n) is 8.65. The Hall–Kier alpha value is -2.44. The van der Waals surface area contributed by atoms with Gasteiger partial charge in [0.2, 0.25) is 5.91 Å². The maximum Gasteiger partial charge on any atom is 0.225 e. The first-order chi connectivity index (χ1) is 11.8. The van der Waals surface area contributed by atoms with E-state index in [4.69, 9.17) is 0 Å². The van der Waals surface area contributed by atoms with E-state index in [0.717, 1.165) is 50.7 Å². The molecule has 4 rings (SSSR count). The van der Waals surface area contributed by atoms with Crippen LogP contribution in [0.25, 0.3) is 5.82 Å². The SMILES string of the molecule is O=C(C1CCCC1)N1CCN(c2cc(-n3ccnc3)ncn2)CC1. The fourth-order valence-corrected chi connectivity index (χ4v) is 3.63. The molecular formula is C17H22N6O. The van der Waals surface area contributed by atoms with Crippen LogP contribution in [0.3, 0.4) is 0 Å². The van der Waals surface area contributed by atoms with E-state index < -0.39 is 0 Å². The number of hydrogen-bond acceptors (Lipinski definition) is 5. The van der Waals surface area contributed by atoms with Crippen LogP contribution < -0.4 is 4.90 Å². The monoisotopic (exact) mass is 326 g/mol. The van der Waals surface area contributed by atoms with Gasteiger partial charge in [-0.05, 0) is 12.8 Å². The molecule has 0 atom stereocenters. The van der Waals surface area contributed by atoms with Gasteiger partial charge in [0.1, 0.15) is 24.3 Å². The van der Waals surface area contributed by atoms with Gasteiger partial charge in [0.15, 0.2) is 0 Å². The zero-order valence-electron chi connectivity index (χ0n) is 13.7. The summed E-state index contributed by atoms with van der Waals surface area (Å²) >= 11 is 0. The molecule has 24 heavy (non-hydrogen) atoms. The normalized spacial score (nSPS) is 19.0. The third kappa shape index (κ3) is 2.98. The van der Waals surface area contributed by atoms with Gasteiger partial charge in [-0.15, -0.1) is 0 Å². The molecule has 1 aliphatic carbocycles. The van der Waals surface area contributed by atoms with Crippen molar-refractivity contribution in [2.75, 3.05) is 31.1 Å². The molecule has 126 valence electrons. The molecule has 2 aliphatic rings. The van der Waals surface area contributed by atoms with Gasteiger partial charge in [-0.3, -0.25) is 9.36 Å². The number of carbonyl (C=O) groups excluding carboxylic acids is 1. The zero-order chi connectivity index (χ0) is 16.4. The summed E-state index contributed by atoms with van der Waals surface area (Å²) in [5.74, 6) is 2.33. The number of amides is 1. The van der Waals surface area contributed by atoms with E-state index in [1.165, 1.54) is 12.8 Å². The van der Waals surface area contributed by atoms with Crippen molar-refractivity contribution in [3.05, 3.63) is 31.1 Å². The summed E-state index contributed by atoms with van der Waals surface area (Å²) in [7, 11) is 0. The molecule has 1 saturated carbocycles. The number of anilines is 1. The molecule has 0 bridgehead atoms. The predicted octanol–water partition coefficient (Wildman–Crippen LogP) is 1.50. The van der Waals surface area contributed by atoms with E-state index >= 15 is 0 Å². The van der Waals surface area contributed by atoms with Crippen LogP contribution in [-0.2, 0) is 4.79 Å². The zero-order valence-corrected chi connectivity index (χ0v) is 13.7. The Morgan fingerprint density at radius 1 is 1.04 bits per heavy atom. The van der Waals surface area contributed by atoms with Crippen LogP contribution >= 0.6 is 0 Å². The highest BCUT2D eigenvalue weighted by Gasteiger charge is 2.29. The van der Waals surface area contributed by atoms with Crippen LogP contribution in [0.1, 0.15) is 25.7 Å². The van der Waals surface area contributed by atoms with Gasteiger partial charge < -0.3 is 9.80 Å². The second kappa shape index (κ2) is 6.59. The van der Waals surface area contributed by atoms with Crippen LogP contribution in [0, 0.1) is 5.92 Å². The minimum absolute atomic E-state index is 0.267. The smallest absolute Gasteiger partial charge is 0.225 e. The maximum atomic E-state index is 12.5. The van der Waals surface area contributed by atoms with Crippen molar-refractivity contribution in [1.29, 1.82) is 0 Å². The lowest BCUT2D eigenvalue weighted by molar-refractivity contribution is -0.135. The minimum atomic E-state index is 0.267. The summed E-state index contributed by atoms with van der Waals surface area (Å²) in [6, 6.07) is 1.97. The number of rotatable bonds is 3. The highest BCUT2D eigenvalue weighted by molar-refractivity contribution is 5.79. The average molecular weight is 326 g/mol. The predicted molar refractivity (Wildman–Crippen MR) is 89.9 cm³/mol. The summed E-state index contributed by atoms with van der Waals surface area (Å²) in [5, 5.41) is 0. The maximum absolute atomic E-state index is 12.5. The Morgan fingerprint density at radius 3 is 2.50 bits per heavy atom. The largest absolute Gasteiger partial charge is 0.353 e. The molecular weight excluding hydrogens is 304 g/mol. The highest BCUT2D eigenvalue weighted by atomic mass is 16.2. The second-order valence-electron chi connectivity index (χ2n) is 6.50. The molecule has 3 heterocycles. The first-order valence-corrected chi connectivity index (χ1v) is 8.65. The minimum Gasteiger partial charge on any atom is -0.353 e. The fraction of sp³-hybridized carbons (Fsp3) is 0.529. The summed E-state index contributed by atoms with van der Waals surface area (Å²) < 4.78 is 1.87. The van der Waals surface area contributed by atoms with Crippen molar-refractivity contribution in [1.82, 2.24) is 24.4 Å². The Balaban J connectivity index is 1.41. The first kappa shape index (κ1) is 15.1. The molecule has 7 heteroatoms. The van der Waals surface area contributed by atoms with Crippen molar-refractivity contribution in [3.63, 3.8) is 0 Å². The second-order valence-corrected chi connectivity index (χ2v) is 6.50. The number of hydrogen-bond donors (Lipinski definition) is 0. The quantitative estimate of drug-likeness (QED) is 0.855. The van der Waals surface area contributed by atoms with Crippen LogP contribution in [-0.4, -0.2) is 56.5 Å². The summed E-state index contributed by atoms with van der Waals surface area (Å²) in [4.78, 5) is 29.5. The molecule has 0 aromatic carbocycles. The van der Waals surface area contributed by atoms with Crippen molar-refractivity contribution in [2.45, 2.75) is 25.7 Å². The fourth-order valence-electron chi connectivity index (χ4n) is 3.63. The van der Waals surface area contributed by atoms with Crippen LogP contribution in [0.4, 0.5) is 5.82 Å². The lowest BCUT2D eigenvalue weighted by atomic mass is 10.1. The Morgan fingerprint density at radius 2 is 1.79 bits per heavy atom. The number of carbonyl (C=O) groups is 1. The van der Waals surface area contributed by atoms with E-state index in [1.807, 2.05) is 21.7 Å². The molecule has 2 fully saturated rings. The molecule has 2 aromatic rings. The number of aromatic nitrogens is 4. The van der Waals surface area contributed by atoms with Crippen molar-refractivity contribution >= 4 is 11.7 Å². The number of piperazine rings is 1. The molecule has 1 aliphatic heterocycles. The third-order valence-electron chi connectivity index (χ3n) is 5.03. The van der Waals surface area contributed by atoms with Gasteiger partial charge in [-0.1, -0.05) is 12.8 Å². The Bertz CT molecular complexity index is 687. The van der Waals surface area contributed by atoms with Crippen molar-refractivity contribution in [3.8, 4) is 5.82 Å². The molecule has 2 aromatic heterocycles. The molecule has 0 N–H and O–H groups in total. The molecule has 1 amide bonds. The van der Waals surface area contributed by atoms with Gasteiger partial charge in [0.25, 0.3) is 0 Å². The lowest BCUT2D eigenvalue weighted by Gasteiger charge is -2.36. The van der Waals surface area contributed by atoms with E-state index in [9.17, 15) is 4.79 Å². The average Bonchev–Trinajstić information content (AvgIpc) is 3.35. The van der Waals surface area contributed by atoms with Crippen LogP contribution in [0.15, 0.2) is 31.1 Å². The topological polar surface area (TPSA) is 67.2 Å². The molecule has 7 nitrogen and oxygen atoms in total. The number of imidazole rings is 1.